The molecule has 4 rings (SSSR count). The number of thiophene rings is 1. The van der Waals surface area contributed by atoms with Gasteiger partial charge in [-0.15, -0.1) is 11.3 Å². The number of benzene rings is 1. The molecular weight excluding hydrogens is 388 g/mol. The maximum atomic E-state index is 13.2. The van der Waals surface area contributed by atoms with Crippen molar-refractivity contribution in [3.05, 3.63) is 34.7 Å². The maximum Gasteiger partial charge on any atom is 0.162 e. The third kappa shape index (κ3) is 2.92. The molecule has 1 aliphatic heterocycles. The summed E-state index contributed by atoms with van der Waals surface area (Å²) >= 11 is 1.53. The molecule has 0 saturated heterocycles. The van der Waals surface area contributed by atoms with Crippen molar-refractivity contribution in [2.75, 3.05) is 13.2 Å². The average Bonchev–Trinajstić information content (AvgIpc) is 3.07. The number of hydrogen-bond donors (Lipinski definition) is 0. The van der Waals surface area contributed by atoms with Crippen molar-refractivity contribution >= 4 is 28.7 Å². The van der Waals surface area contributed by atoms with Gasteiger partial charge in [-0.25, -0.2) is 0 Å². The van der Waals surface area contributed by atoms with Gasteiger partial charge in [-0.2, -0.15) is 0 Å². The standard InChI is InChI=1S/C23H24O5S/c1-12-14(18-19(24)22(2,3)21(26)23(4,5)20(18)25)11-17(29-12)13-6-7-15-16(10-13)28-9-8-27-15/h6-7,10-11,18H,8-9H2,1-5H3. The van der Waals surface area contributed by atoms with E-state index >= 15 is 0 Å². The number of fused-ring (bicyclic) bond motifs is 1. The number of Topliss-reactive ketones (excluding diaryl/α,β-unsaturated/α-hetero) is 3. The molecule has 2 aliphatic rings. The van der Waals surface area contributed by atoms with E-state index in [1.165, 1.54) is 11.3 Å². The molecule has 5 nitrogen and oxygen atoms in total. The minimum absolute atomic E-state index is 0.309. The molecule has 1 saturated carbocycles. The first kappa shape index (κ1) is 19.8. The van der Waals surface area contributed by atoms with Crippen LogP contribution in [0.15, 0.2) is 24.3 Å². The second-order valence-corrected chi connectivity index (χ2v) is 9.98. The Morgan fingerprint density at radius 2 is 1.48 bits per heavy atom. The van der Waals surface area contributed by atoms with Crippen LogP contribution < -0.4 is 9.47 Å². The highest BCUT2D eigenvalue weighted by Crippen LogP contribution is 2.47. The second-order valence-electron chi connectivity index (χ2n) is 8.72. The molecule has 0 N–H and O–H groups in total. The molecule has 0 amide bonds. The molecular formula is C23H24O5S. The molecule has 6 heteroatoms. The zero-order valence-electron chi connectivity index (χ0n) is 17.3. The Bertz CT molecular complexity index is 1010. The van der Waals surface area contributed by atoms with Crippen LogP contribution in [0.25, 0.3) is 10.4 Å². The monoisotopic (exact) mass is 412 g/mol. The van der Waals surface area contributed by atoms with Crippen molar-refractivity contribution < 1.29 is 23.9 Å². The van der Waals surface area contributed by atoms with Crippen molar-refractivity contribution in [3.63, 3.8) is 0 Å². The van der Waals surface area contributed by atoms with Crippen LogP contribution in [0.3, 0.4) is 0 Å². The van der Waals surface area contributed by atoms with E-state index < -0.39 is 16.7 Å². The van der Waals surface area contributed by atoms with Crippen LogP contribution >= 0.6 is 11.3 Å². The average molecular weight is 413 g/mol. The van der Waals surface area contributed by atoms with Gasteiger partial charge in [0.05, 0.1) is 10.8 Å². The van der Waals surface area contributed by atoms with Crippen LogP contribution in [0.4, 0.5) is 0 Å². The third-order valence-corrected chi connectivity index (χ3v) is 7.10. The fraction of sp³-hybridized carbons (Fsp3) is 0.435. The van der Waals surface area contributed by atoms with Crippen molar-refractivity contribution in [1.82, 2.24) is 0 Å². The molecule has 0 bridgehead atoms. The fourth-order valence-electron chi connectivity index (χ4n) is 4.25. The summed E-state index contributed by atoms with van der Waals surface area (Å²) in [6, 6.07) is 7.66. The summed E-state index contributed by atoms with van der Waals surface area (Å²) in [5.41, 5.74) is -0.733. The predicted octanol–water partition coefficient (Wildman–Crippen LogP) is 4.35. The molecule has 1 aliphatic carbocycles. The van der Waals surface area contributed by atoms with E-state index in [1.807, 2.05) is 31.2 Å². The molecule has 152 valence electrons. The molecule has 1 aromatic heterocycles. The number of carbonyl (C=O) groups excluding carboxylic acids is 3. The molecule has 1 aromatic carbocycles. The lowest BCUT2D eigenvalue weighted by Crippen LogP contribution is -2.56. The number of ether oxygens (including phenoxy) is 2. The Balaban J connectivity index is 1.77. The SMILES string of the molecule is Cc1sc(-c2ccc3c(c2)OCCO3)cc1C1C(=O)C(C)(C)C(=O)C(C)(C)C1=O. The van der Waals surface area contributed by atoms with Crippen LogP contribution in [-0.4, -0.2) is 30.6 Å². The molecule has 29 heavy (non-hydrogen) atoms. The summed E-state index contributed by atoms with van der Waals surface area (Å²) in [5.74, 6) is -0.453. The number of carbonyl (C=O) groups is 3. The van der Waals surface area contributed by atoms with Gasteiger partial charge in [-0.3, -0.25) is 14.4 Å². The third-order valence-electron chi connectivity index (χ3n) is 5.99. The quantitative estimate of drug-likeness (QED) is 0.686. The van der Waals surface area contributed by atoms with E-state index in [4.69, 9.17) is 9.47 Å². The summed E-state index contributed by atoms with van der Waals surface area (Å²) in [6.45, 7) is 9.47. The van der Waals surface area contributed by atoms with Gasteiger partial charge in [0.25, 0.3) is 0 Å². The predicted molar refractivity (Wildman–Crippen MR) is 111 cm³/mol. The van der Waals surface area contributed by atoms with Crippen LogP contribution in [0.2, 0.25) is 0 Å². The van der Waals surface area contributed by atoms with Crippen LogP contribution in [0, 0.1) is 17.8 Å². The fourth-order valence-corrected chi connectivity index (χ4v) is 5.31. The van der Waals surface area contributed by atoms with E-state index in [-0.39, 0.29) is 17.3 Å². The Kier molecular flexibility index (Phi) is 4.46. The van der Waals surface area contributed by atoms with Crippen LogP contribution in [0.5, 0.6) is 11.5 Å². The molecule has 2 aromatic rings. The lowest BCUT2D eigenvalue weighted by molar-refractivity contribution is -0.157. The van der Waals surface area contributed by atoms with E-state index in [0.717, 1.165) is 15.3 Å². The molecule has 0 spiro atoms. The maximum absolute atomic E-state index is 13.2. The van der Waals surface area contributed by atoms with Gasteiger partial charge >= 0.3 is 0 Å². The van der Waals surface area contributed by atoms with Gasteiger partial charge in [-0.05, 0) is 70.0 Å². The number of ketones is 3. The van der Waals surface area contributed by atoms with Gasteiger partial charge in [0.2, 0.25) is 0 Å². The minimum Gasteiger partial charge on any atom is -0.486 e. The van der Waals surface area contributed by atoms with Crippen molar-refractivity contribution in [2.45, 2.75) is 40.5 Å². The van der Waals surface area contributed by atoms with Gasteiger partial charge in [0.15, 0.2) is 28.8 Å². The van der Waals surface area contributed by atoms with Crippen molar-refractivity contribution in [3.8, 4) is 21.9 Å². The summed E-state index contributed by atoms with van der Waals surface area (Å²) in [7, 11) is 0. The van der Waals surface area contributed by atoms with E-state index in [0.29, 0.717) is 30.3 Å². The highest BCUT2D eigenvalue weighted by molar-refractivity contribution is 7.15. The van der Waals surface area contributed by atoms with Gasteiger partial charge in [-0.1, -0.05) is 0 Å². The topological polar surface area (TPSA) is 69.7 Å². The normalized spacial score (nSPS) is 20.8. The van der Waals surface area contributed by atoms with Crippen molar-refractivity contribution in [1.29, 1.82) is 0 Å². The van der Waals surface area contributed by atoms with E-state index in [1.54, 1.807) is 27.7 Å². The van der Waals surface area contributed by atoms with Gasteiger partial charge in [0.1, 0.15) is 19.1 Å². The molecule has 0 unspecified atom stereocenters. The molecule has 0 atom stereocenters. The highest BCUT2D eigenvalue weighted by atomic mass is 32.1. The summed E-state index contributed by atoms with van der Waals surface area (Å²) in [5, 5.41) is 0. The zero-order valence-corrected chi connectivity index (χ0v) is 18.1. The largest absolute Gasteiger partial charge is 0.486 e. The van der Waals surface area contributed by atoms with E-state index in [2.05, 4.69) is 0 Å². The zero-order chi connectivity index (χ0) is 21.1. The molecule has 2 heterocycles. The van der Waals surface area contributed by atoms with Crippen LogP contribution in [0.1, 0.15) is 44.1 Å². The lowest BCUT2D eigenvalue weighted by Gasteiger charge is -2.40. The first-order valence-corrected chi connectivity index (χ1v) is 10.5. The van der Waals surface area contributed by atoms with E-state index in [9.17, 15) is 14.4 Å². The van der Waals surface area contributed by atoms with Crippen LogP contribution in [-0.2, 0) is 14.4 Å². The molecule has 0 radical (unpaired) electrons. The first-order chi connectivity index (χ1) is 13.5. The highest BCUT2D eigenvalue weighted by Gasteiger charge is 2.58. The number of aryl methyl sites for hydroxylation is 1. The Morgan fingerprint density at radius 3 is 2.10 bits per heavy atom. The number of rotatable bonds is 2. The minimum atomic E-state index is -1.19. The van der Waals surface area contributed by atoms with Crippen molar-refractivity contribution in [2.24, 2.45) is 10.8 Å². The number of hydrogen-bond acceptors (Lipinski definition) is 6. The van der Waals surface area contributed by atoms with Gasteiger partial charge < -0.3 is 9.47 Å². The lowest BCUT2D eigenvalue weighted by atomic mass is 9.57. The first-order valence-electron chi connectivity index (χ1n) is 9.69. The Morgan fingerprint density at radius 1 is 0.897 bits per heavy atom. The Hall–Kier alpha value is -2.47. The second kappa shape index (κ2) is 6.52. The summed E-state index contributed by atoms with van der Waals surface area (Å²) in [4.78, 5) is 40.9. The Labute approximate surface area is 174 Å². The smallest absolute Gasteiger partial charge is 0.162 e. The molecule has 1 fully saturated rings. The van der Waals surface area contributed by atoms with Gasteiger partial charge in [0, 0.05) is 9.75 Å². The summed E-state index contributed by atoms with van der Waals surface area (Å²) < 4.78 is 11.3. The summed E-state index contributed by atoms with van der Waals surface area (Å²) in [6.07, 6.45) is 0.